The first-order chi connectivity index (χ1) is 12.7. The van der Waals surface area contributed by atoms with E-state index in [4.69, 9.17) is 21.1 Å². The number of hydrogen-bond donors (Lipinski definition) is 2. The minimum Gasteiger partial charge on any atom is -0.381 e. The van der Waals surface area contributed by atoms with Crippen LogP contribution >= 0.6 is 35.6 Å². The maximum Gasteiger partial charge on any atom is 0.190 e. The van der Waals surface area contributed by atoms with Crippen molar-refractivity contribution in [2.45, 2.75) is 25.7 Å². The summed E-state index contributed by atoms with van der Waals surface area (Å²) in [5, 5.41) is 6.95. The highest BCUT2D eigenvalue weighted by atomic mass is 127. The molecule has 1 aromatic rings. The van der Waals surface area contributed by atoms with Gasteiger partial charge in [0.1, 0.15) is 5.82 Å². The first-order valence-electron chi connectivity index (χ1n) is 9.23. The molecule has 0 unspecified atom stereocenters. The zero-order valence-electron chi connectivity index (χ0n) is 15.8. The highest BCUT2D eigenvalue weighted by Crippen LogP contribution is 2.17. The zero-order valence-corrected chi connectivity index (χ0v) is 18.9. The topological polar surface area (TPSA) is 54.9 Å². The number of benzene rings is 1. The third kappa shape index (κ3) is 9.91. The lowest BCUT2D eigenvalue weighted by molar-refractivity contribution is 0.0203. The molecule has 1 aromatic carbocycles. The Morgan fingerprint density at radius 2 is 2.04 bits per heavy atom. The van der Waals surface area contributed by atoms with Gasteiger partial charge in [0.2, 0.25) is 0 Å². The summed E-state index contributed by atoms with van der Waals surface area (Å²) in [6.45, 7) is 4.76. The SMILES string of the molecule is CN=C(NCCCOCC1CCOCC1)NCCc1ccc(F)cc1Cl.I. The molecule has 5 nitrogen and oxygen atoms in total. The Labute approximate surface area is 183 Å². The minimum absolute atomic E-state index is 0. The van der Waals surface area contributed by atoms with E-state index in [0.29, 0.717) is 23.9 Å². The predicted molar refractivity (Wildman–Crippen MR) is 119 cm³/mol. The number of halogens is 3. The quantitative estimate of drug-likeness (QED) is 0.229. The molecular formula is C19H30ClFIN3O2. The summed E-state index contributed by atoms with van der Waals surface area (Å²) in [6, 6.07) is 4.48. The monoisotopic (exact) mass is 513 g/mol. The third-order valence-electron chi connectivity index (χ3n) is 4.38. The van der Waals surface area contributed by atoms with Gasteiger partial charge in [-0.2, -0.15) is 0 Å². The van der Waals surface area contributed by atoms with Crippen LogP contribution in [0.3, 0.4) is 0 Å². The summed E-state index contributed by atoms with van der Waals surface area (Å²) in [5.74, 6) is 1.07. The molecule has 2 N–H and O–H groups in total. The molecule has 154 valence electrons. The van der Waals surface area contributed by atoms with E-state index in [2.05, 4.69) is 15.6 Å². The van der Waals surface area contributed by atoms with Crippen LogP contribution in [0.5, 0.6) is 0 Å². The van der Waals surface area contributed by atoms with E-state index in [1.165, 1.54) is 12.1 Å². The summed E-state index contributed by atoms with van der Waals surface area (Å²) in [4.78, 5) is 4.19. The summed E-state index contributed by atoms with van der Waals surface area (Å²) < 4.78 is 24.1. The van der Waals surface area contributed by atoms with Crippen LogP contribution in [-0.2, 0) is 15.9 Å². The van der Waals surface area contributed by atoms with Gasteiger partial charge in [-0.1, -0.05) is 17.7 Å². The Hall–Kier alpha value is -0.640. The Morgan fingerprint density at radius 3 is 2.74 bits per heavy atom. The average molecular weight is 514 g/mol. The van der Waals surface area contributed by atoms with Gasteiger partial charge >= 0.3 is 0 Å². The lowest BCUT2D eigenvalue weighted by atomic mass is 10.0. The molecule has 0 spiro atoms. The largest absolute Gasteiger partial charge is 0.381 e. The second-order valence-corrected chi connectivity index (χ2v) is 6.80. The number of rotatable bonds is 9. The summed E-state index contributed by atoms with van der Waals surface area (Å²) >= 11 is 6.03. The van der Waals surface area contributed by atoms with Gasteiger partial charge in [-0.3, -0.25) is 4.99 Å². The van der Waals surface area contributed by atoms with Crippen LogP contribution in [0.25, 0.3) is 0 Å². The Kier molecular flexibility index (Phi) is 13.0. The zero-order chi connectivity index (χ0) is 18.6. The van der Waals surface area contributed by atoms with Gasteiger partial charge in [-0.05, 0) is 49.3 Å². The predicted octanol–water partition coefficient (Wildman–Crippen LogP) is 3.64. The van der Waals surface area contributed by atoms with Crippen LogP contribution in [0.1, 0.15) is 24.8 Å². The van der Waals surface area contributed by atoms with Crippen LogP contribution in [0.15, 0.2) is 23.2 Å². The van der Waals surface area contributed by atoms with Crippen molar-refractivity contribution in [2.75, 3.05) is 46.6 Å². The highest BCUT2D eigenvalue weighted by Gasteiger charge is 2.13. The fraction of sp³-hybridized carbons (Fsp3) is 0.632. The van der Waals surface area contributed by atoms with Crippen LogP contribution in [0.2, 0.25) is 5.02 Å². The standard InChI is InChI=1S/C19H29ClFN3O2.HI/c1-22-19(24-9-5-16-3-4-17(21)13-18(16)20)23-8-2-10-26-14-15-6-11-25-12-7-15;/h3-4,13,15H,2,5-12,14H2,1H3,(H2,22,23,24);1H. The summed E-state index contributed by atoms with van der Waals surface area (Å²) in [6.07, 6.45) is 3.83. The molecule has 0 radical (unpaired) electrons. The molecule has 27 heavy (non-hydrogen) atoms. The molecule has 1 aliphatic rings. The third-order valence-corrected chi connectivity index (χ3v) is 4.73. The molecular weight excluding hydrogens is 484 g/mol. The molecule has 0 aliphatic carbocycles. The van der Waals surface area contributed by atoms with E-state index in [1.54, 1.807) is 13.1 Å². The van der Waals surface area contributed by atoms with Gasteiger partial charge in [-0.15, -0.1) is 24.0 Å². The first-order valence-corrected chi connectivity index (χ1v) is 9.60. The number of nitrogens with zero attached hydrogens (tertiary/aromatic N) is 1. The number of hydrogen-bond acceptors (Lipinski definition) is 3. The summed E-state index contributed by atoms with van der Waals surface area (Å²) in [7, 11) is 1.74. The van der Waals surface area contributed by atoms with Crippen LogP contribution < -0.4 is 10.6 Å². The molecule has 1 saturated heterocycles. The molecule has 1 aliphatic heterocycles. The van der Waals surface area contributed by atoms with E-state index in [1.807, 2.05) is 0 Å². The number of guanidine groups is 1. The normalized spacial score (nSPS) is 15.3. The van der Waals surface area contributed by atoms with Crippen molar-refractivity contribution in [1.82, 2.24) is 10.6 Å². The fourth-order valence-electron chi connectivity index (χ4n) is 2.80. The van der Waals surface area contributed by atoms with E-state index < -0.39 is 0 Å². The van der Waals surface area contributed by atoms with E-state index in [-0.39, 0.29) is 29.8 Å². The van der Waals surface area contributed by atoms with E-state index in [0.717, 1.165) is 63.8 Å². The van der Waals surface area contributed by atoms with Crippen molar-refractivity contribution >= 4 is 41.5 Å². The second-order valence-electron chi connectivity index (χ2n) is 6.40. The van der Waals surface area contributed by atoms with Gasteiger partial charge in [0, 0.05) is 51.6 Å². The van der Waals surface area contributed by atoms with Crippen molar-refractivity contribution in [2.24, 2.45) is 10.9 Å². The smallest absolute Gasteiger partial charge is 0.190 e. The average Bonchev–Trinajstić information content (AvgIpc) is 2.65. The van der Waals surface area contributed by atoms with E-state index in [9.17, 15) is 4.39 Å². The van der Waals surface area contributed by atoms with Gasteiger partial charge in [0.05, 0.1) is 0 Å². The molecule has 1 fully saturated rings. The van der Waals surface area contributed by atoms with Crippen LogP contribution in [0.4, 0.5) is 4.39 Å². The molecule has 0 aromatic heterocycles. The van der Waals surface area contributed by atoms with Gasteiger partial charge in [-0.25, -0.2) is 4.39 Å². The van der Waals surface area contributed by atoms with Gasteiger partial charge in [0.15, 0.2) is 5.96 Å². The Balaban J connectivity index is 0.00000364. The van der Waals surface area contributed by atoms with Crippen molar-refractivity contribution in [3.05, 3.63) is 34.6 Å². The van der Waals surface area contributed by atoms with Crippen molar-refractivity contribution in [3.8, 4) is 0 Å². The molecule has 0 bridgehead atoms. The molecule has 8 heteroatoms. The van der Waals surface area contributed by atoms with Crippen molar-refractivity contribution < 1.29 is 13.9 Å². The Bertz CT molecular complexity index is 572. The summed E-state index contributed by atoms with van der Waals surface area (Å²) in [5.41, 5.74) is 0.914. The second kappa shape index (κ2) is 14.4. The van der Waals surface area contributed by atoms with Crippen LogP contribution in [-0.4, -0.2) is 52.5 Å². The van der Waals surface area contributed by atoms with Gasteiger partial charge < -0.3 is 20.1 Å². The lowest BCUT2D eigenvalue weighted by Crippen LogP contribution is -2.39. The molecule has 0 saturated carbocycles. The van der Waals surface area contributed by atoms with E-state index >= 15 is 0 Å². The van der Waals surface area contributed by atoms with Crippen molar-refractivity contribution in [3.63, 3.8) is 0 Å². The minimum atomic E-state index is -0.316. The van der Waals surface area contributed by atoms with Crippen molar-refractivity contribution in [1.29, 1.82) is 0 Å². The maximum atomic E-state index is 13.0. The molecule has 0 amide bonds. The molecule has 0 atom stereocenters. The van der Waals surface area contributed by atoms with Gasteiger partial charge in [0.25, 0.3) is 0 Å². The number of aliphatic imine (C=N–C) groups is 1. The molecule has 1 heterocycles. The first kappa shape index (κ1) is 24.4. The Morgan fingerprint density at radius 1 is 1.30 bits per heavy atom. The molecule has 2 rings (SSSR count). The highest BCUT2D eigenvalue weighted by molar-refractivity contribution is 14.0. The maximum absolute atomic E-state index is 13.0. The fourth-order valence-corrected chi connectivity index (χ4v) is 3.07. The van der Waals surface area contributed by atoms with Crippen LogP contribution in [0, 0.1) is 11.7 Å². The lowest BCUT2D eigenvalue weighted by Gasteiger charge is -2.21. The number of ether oxygens (including phenoxy) is 2. The number of nitrogens with one attached hydrogen (secondary N) is 2.